The van der Waals surface area contributed by atoms with E-state index in [0.717, 1.165) is 38.5 Å². The van der Waals surface area contributed by atoms with Crippen LogP contribution in [0.25, 0.3) is 20.9 Å². The Morgan fingerprint density at radius 1 is 0.875 bits per heavy atom. The van der Waals surface area contributed by atoms with E-state index < -0.39 is 17.7 Å². The van der Waals surface area contributed by atoms with Crippen molar-refractivity contribution in [3.8, 4) is 20.9 Å². The number of benzene rings is 2. The summed E-state index contributed by atoms with van der Waals surface area (Å²) >= 11 is 3.22. The number of carbonyl (C=O) groups excluding carboxylic acids is 1. The number of aliphatic hydroxyl groups is 2. The summed E-state index contributed by atoms with van der Waals surface area (Å²) in [7, 11) is 0. The Morgan fingerprint density at radius 2 is 1.32 bits per heavy atom. The summed E-state index contributed by atoms with van der Waals surface area (Å²) < 4.78 is 5.22. The first-order chi connectivity index (χ1) is 18.5. The van der Waals surface area contributed by atoms with Crippen LogP contribution in [0.3, 0.4) is 0 Å². The number of ether oxygens (including phenoxy) is 1. The molecule has 2 aromatic heterocycles. The van der Waals surface area contributed by atoms with Gasteiger partial charge in [-0.2, -0.15) is 0 Å². The molecule has 0 bridgehead atoms. The monoisotopic (exact) mass is 604 g/mol. The lowest BCUT2D eigenvalue weighted by Gasteiger charge is -2.23. The third-order valence-corrected chi connectivity index (χ3v) is 7.69. The Kier molecular flexibility index (Phi) is 12.7. The summed E-state index contributed by atoms with van der Waals surface area (Å²) in [4.78, 5) is 22.6. The molecule has 0 saturated heterocycles. The highest BCUT2D eigenvalue weighted by Crippen LogP contribution is 2.29. The highest BCUT2D eigenvalue weighted by atomic mass is 35.5. The number of amides is 1. The van der Waals surface area contributed by atoms with Crippen molar-refractivity contribution in [2.45, 2.75) is 52.3 Å². The van der Waals surface area contributed by atoms with E-state index in [2.05, 4.69) is 15.3 Å². The Hall–Kier alpha value is -2.86. The minimum absolute atomic E-state index is 0. The number of aliphatic hydroxyl groups excluding tert-OH is 2. The second-order valence-corrected chi connectivity index (χ2v) is 11.7. The summed E-state index contributed by atoms with van der Waals surface area (Å²) in [6.45, 7) is 9.14. The minimum Gasteiger partial charge on any atom is -0.444 e. The number of alkyl carbamates (subject to hydrolysis) is 1. The van der Waals surface area contributed by atoms with E-state index in [-0.39, 0.29) is 31.7 Å². The van der Waals surface area contributed by atoms with Gasteiger partial charge in [0.15, 0.2) is 0 Å². The Balaban J connectivity index is 0.000000290. The number of nitrogens with one attached hydrogen (secondary N) is 1. The molecular formula is C29H37ClN4O4S2. The van der Waals surface area contributed by atoms with Crippen molar-refractivity contribution < 1.29 is 19.7 Å². The molecule has 2 aromatic carbocycles. The molecule has 0 aliphatic rings. The van der Waals surface area contributed by atoms with Crippen molar-refractivity contribution in [3.63, 3.8) is 0 Å². The molecule has 40 heavy (non-hydrogen) atoms. The molecule has 0 saturated carbocycles. The number of hydrogen-bond donors (Lipinski definition) is 4. The maximum atomic E-state index is 11.8. The molecular weight excluding hydrogens is 568 g/mol. The number of halogens is 1. The van der Waals surface area contributed by atoms with Crippen molar-refractivity contribution in [1.82, 2.24) is 15.3 Å². The molecule has 4 rings (SSSR count). The van der Waals surface area contributed by atoms with E-state index in [1.165, 1.54) is 4.88 Å². The summed E-state index contributed by atoms with van der Waals surface area (Å²) in [6, 6.07) is 14.9. The summed E-state index contributed by atoms with van der Waals surface area (Å²) in [5.74, 6) is 0. The highest BCUT2D eigenvalue weighted by Gasteiger charge is 2.20. The van der Waals surface area contributed by atoms with E-state index in [9.17, 15) is 9.90 Å². The molecule has 2 atom stereocenters. The molecule has 2 heterocycles. The topological polar surface area (TPSA) is 131 Å². The van der Waals surface area contributed by atoms with Gasteiger partial charge >= 0.3 is 6.09 Å². The van der Waals surface area contributed by atoms with Gasteiger partial charge < -0.3 is 26.0 Å². The van der Waals surface area contributed by atoms with Gasteiger partial charge in [0, 0.05) is 0 Å². The number of hydrogen-bond acceptors (Lipinski definition) is 9. The maximum Gasteiger partial charge on any atom is 0.408 e. The molecule has 11 heteroatoms. The second kappa shape index (κ2) is 15.2. The van der Waals surface area contributed by atoms with E-state index in [4.69, 9.17) is 15.6 Å². The standard InChI is InChI=1S/C17H22N2O3S.C12H14N2OS.ClH/c1-11-15(23-10-18-11)13-7-5-12(6-8-13)14(9-20)19-16(21)22-17(2,3)4;1-8-12(16-7-14-8)10-4-2-9(3-5-10)11(13)6-15;/h5-8,10,14,20H,9H2,1-4H3,(H,19,21);2-5,7,11,15H,6,13H2,1H3;1H/t14-;11-;/m00./s1. The number of nitrogens with two attached hydrogens (primary N) is 1. The first-order valence-corrected chi connectivity index (χ1v) is 14.3. The van der Waals surface area contributed by atoms with E-state index >= 15 is 0 Å². The van der Waals surface area contributed by atoms with Gasteiger partial charge in [-0.1, -0.05) is 48.5 Å². The maximum absolute atomic E-state index is 11.8. The van der Waals surface area contributed by atoms with Gasteiger partial charge in [0.1, 0.15) is 5.60 Å². The van der Waals surface area contributed by atoms with Gasteiger partial charge in [-0.15, -0.1) is 35.1 Å². The number of rotatable bonds is 7. The number of carbonyl (C=O) groups is 1. The predicted octanol–water partition coefficient (Wildman–Crippen LogP) is 6.21. The zero-order valence-electron chi connectivity index (χ0n) is 23.2. The molecule has 0 radical (unpaired) electrons. The SMILES string of the molecule is Cc1ncsc1-c1ccc([C@@H](N)CO)cc1.Cc1ncsc1-c1ccc([C@H](CO)NC(=O)OC(C)(C)C)cc1.Cl. The van der Waals surface area contributed by atoms with Crippen LogP contribution in [-0.4, -0.2) is 45.1 Å². The number of thiazole rings is 2. The summed E-state index contributed by atoms with van der Waals surface area (Å²) in [5, 5.41) is 21.2. The van der Waals surface area contributed by atoms with Crippen LogP contribution < -0.4 is 11.1 Å². The lowest BCUT2D eigenvalue weighted by Crippen LogP contribution is -2.36. The molecule has 8 nitrogen and oxygen atoms in total. The zero-order chi connectivity index (χ0) is 28.6. The molecule has 1 amide bonds. The fourth-order valence-electron chi connectivity index (χ4n) is 3.70. The first kappa shape index (κ1) is 33.3. The van der Waals surface area contributed by atoms with Gasteiger partial charge in [-0.25, -0.2) is 14.8 Å². The van der Waals surface area contributed by atoms with Crippen LogP contribution in [0.5, 0.6) is 0 Å². The molecule has 0 aliphatic heterocycles. The van der Waals surface area contributed by atoms with E-state index in [0.29, 0.717) is 0 Å². The minimum atomic E-state index is -0.572. The average Bonchev–Trinajstić information content (AvgIpc) is 3.54. The molecule has 0 aliphatic carbocycles. The lowest BCUT2D eigenvalue weighted by molar-refractivity contribution is 0.0482. The Bertz CT molecular complexity index is 1340. The number of aromatic nitrogens is 2. The van der Waals surface area contributed by atoms with E-state index in [1.54, 1.807) is 43.4 Å². The van der Waals surface area contributed by atoms with Gasteiger partial charge in [0.2, 0.25) is 0 Å². The van der Waals surface area contributed by atoms with E-state index in [1.807, 2.05) is 73.4 Å². The van der Waals surface area contributed by atoms with Crippen molar-refractivity contribution in [3.05, 3.63) is 82.1 Å². The van der Waals surface area contributed by atoms with Crippen LogP contribution in [0.15, 0.2) is 59.6 Å². The van der Waals surface area contributed by atoms with Crippen molar-refractivity contribution in [2.24, 2.45) is 5.73 Å². The number of aryl methyl sites for hydroxylation is 2. The van der Waals surface area contributed by atoms with Gasteiger partial charge in [-0.05, 0) is 56.9 Å². The van der Waals surface area contributed by atoms with Crippen LogP contribution in [0.2, 0.25) is 0 Å². The van der Waals surface area contributed by atoms with Crippen molar-refractivity contribution in [1.29, 1.82) is 0 Å². The smallest absolute Gasteiger partial charge is 0.408 e. The zero-order valence-corrected chi connectivity index (χ0v) is 25.7. The molecule has 0 fully saturated rings. The molecule has 4 aromatic rings. The fourth-order valence-corrected chi connectivity index (χ4v) is 5.32. The van der Waals surface area contributed by atoms with Crippen LogP contribution in [0.4, 0.5) is 4.79 Å². The van der Waals surface area contributed by atoms with Gasteiger partial charge in [0.05, 0.1) is 57.5 Å². The molecule has 0 spiro atoms. The highest BCUT2D eigenvalue weighted by molar-refractivity contribution is 7.13. The normalized spacial score (nSPS) is 12.4. The molecule has 0 unspecified atom stereocenters. The number of nitrogens with zero attached hydrogens (tertiary/aromatic N) is 2. The fraction of sp³-hybridized carbons (Fsp3) is 0.345. The van der Waals surface area contributed by atoms with Crippen molar-refractivity contribution in [2.75, 3.05) is 13.2 Å². The van der Waals surface area contributed by atoms with Crippen LogP contribution in [0.1, 0.15) is 55.4 Å². The van der Waals surface area contributed by atoms with Gasteiger partial charge in [-0.3, -0.25) is 0 Å². The van der Waals surface area contributed by atoms with Gasteiger partial charge in [0.25, 0.3) is 0 Å². The van der Waals surface area contributed by atoms with Crippen molar-refractivity contribution >= 4 is 41.2 Å². The average molecular weight is 605 g/mol. The van der Waals surface area contributed by atoms with Crippen LogP contribution in [0, 0.1) is 13.8 Å². The Labute approximate surface area is 249 Å². The largest absolute Gasteiger partial charge is 0.444 e. The first-order valence-electron chi connectivity index (χ1n) is 12.5. The summed E-state index contributed by atoms with van der Waals surface area (Å²) in [5.41, 5.74) is 14.9. The Morgan fingerprint density at radius 3 is 1.68 bits per heavy atom. The lowest BCUT2D eigenvalue weighted by atomic mass is 10.0. The van der Waals surface area contributed by atoms with Crippen LogP contribution >= 0.6 is 35.1 Å². The predicted molar refractivity (Wildman–Crippen MR) is 165 cm³/mol. The molecule has 216 valence electrons. The van der Waals surface area contributed by atoms with Crippen LogP contribution in [-0.2, 0) is 4.74 Å². The third kappa shape index (κ3) is 9.36. The quantitative estimate of drug-likeness (QED) is 0.197. The third-order valence-electron chi connectivity index (χ3n) is 5.74. The molecule has 5 N–H and O–H groups in total. The summed E-state index contributed by atoms with van der Waals surface area (Å²) in [6.07, 6.45) is -0.543. The second-order valence-electron chi connectivity index (χ2n) is 9.95.